The standard InChI is InChI=1S/C42H81NO4/c1-3-5-7-9-11-13-15-17-19-20-21-23-25-27-29-31-33-35-37-41(46)42(47)43-39(38-44)40(45)36-34-32-30-28-26-24-22-18-16-14-12-10-8-6-4-2/h11,13,15,17,39-41,44-46H,3-10,12,14,16,18-38H2,1-2H3,(H,43,47)/b13-11-,17-15-. The minimum Gasteiger partial charge on any atom is -0.394 e. The Morgan fingerprint density at radius 2 is 0.851 bits per heavy atom. The van der Waals surface area contributed by atoms with Crippen LogP contribution in [0.1, 0.15) is 213 Å². The number of amides is 1. The van der Waals surface area contributed by atoms with E-state index in [2.05, 4.69) is 43.5 Å². The second-order valence-electron chi connectivity index (χ2n) is 14.2. The van der Waals surface area contributed by atoms with Gasteiger partial charge in [-0.05, 0) is 38.5 Å². The Morgan fingerprint density at radius 3 is 1.28 bits per heavy atom. The van der Waals surface area contributed by atoms with Gasteiger partial charge in [-0.15, -0.1) is 0 Å². The predicted octanol–water partition coefficient (Wildman–Crippen LogP) is 11.4. The van der Waals surface area contributed by atoms with Crippen molar-refractivity contribution in [2.24, 2.45) is 0 Å². The topological polar surface area (TPSA) is 89.8 Å². The Morgan fingerprint density at radius 1 is 0.511 bits per heavy atom. The highest BCUT2D eigenvalue weighted by molar-refractivity contribution is 5.80. The van der Waals surface area contributed by atoms with Gasteiger partial charge in [-0.1, -0.05) is 199 Å². The number of hydrogen-bond acceptors (Lipinski definition) is 4. The van der Waals surface area contributed by atoms with E-state index in [0.29, 0.717) is 12.8 Å². The molecule has 0 bridgehead atoms. The molecule has 5 heteroatoms. The van der Waals surface area contributed by atoms with Crippen molar-refractivity contribution in [2.75, 3.05) is 6.61 Å². The molecule has 47 heavy (non-hydrogen) atoms. The fraction of sp³-hybridized carbons (Fsp3) is 0.881. The second kappa shape index (κ2) is 37.6. The van der Waals surface area contributed by atoms with Gasteiger partial charge < -0.3 is 20.6 Å². The lowest BCUT2D eigenvalue weighted by Gasteiger charge is -2.23. The normalized spacial score (nSPS) is 13.9. The van der Waals surface area contributed by atoms with E-state index in [1.54, 1.807) is 0 Å². The third kappa shape index (κ3) is 33.1. The van der Waals surface area contributed by atoms with Crippen LogP contribution in [-0.4, -0.2) is 46.1 Å². The lowest BCUT2D eigenvalue weighted by molar-refractivity contribution is -0.131. The number of carbonyl (C=O) groups excluding carboxylic acids is 1. The number of hydrogen-bond donors (Lipinski definition) is 4. The summed E-state index contributed by atoms with van der Waals surface area (Å²) in [7, 11) is 0. The highest BCUT2D eigenvalue weighted by atomic mass is 16.3. The number of allylic oxidation sites excluding steroid dienone is 4. The molecule has 0 heterocycles. The molecule has 3 unspecified atom stereocenters. The van der Waals surface area contributed by atoms with Gasteiger partial charge in [-0.3, -0.25) is 4.79 Å². The first kappa shape index (κ1) is 45.8. The Balaban J connectivity index is 3.65. The molecular weight excluding hydrogens is 582 g/mol. The summed E-state index contributed by atoms with van der Waals surface area (Å²) in [6, 6.07) is -0.711. The SMILES string of the molecule is CCCCC/C=C\C=C/CCCCCCCCCCCC(O)C(=O)NC(CO)C(O)CCCCCCCCCCCCCCCCC. The minimum atomic E-state index is -1.08. The van der Waals surface area contributed by atoms with Crippen LogP contribution in [0.15, 0.2) is 24.3 Å². The molecule has 3 atom stereocenters. The van der Waals surface area contributed by atoms with E-state index in [1.165, 1.54) is 154 Å². The van der Waals surface area contributed by atoms with Crippen LogP contribution in [0.3, 0.4) is 0 Å². The number of aliphatic hydroxyl groups is 3. The number of nitrogens with one attached hydrogen (secondary N) is 1. The van der Waals surface area contributed by atoms with Crippen molar-refractivity contribution in [2.45, 2.75) is 231 Å². The van der Waals surface area contributed by atoms with E-state index >= 15 is 0 Å². The largest absolute Gasteiger partial charge is 0.394 e. The first-order valence-corrected chi connectivity index (χ1v) is 20.7. The van der Waals surface area contributed by atoms with Crippen LogP contribution in [0.25, 0.3) is 0 Å². The summed E-state index contributed by atoms with van der Waals surface area (Å²) >= 11 is 0. The van der Waals surface area contributed by atoms with E-state index in [4.69, 9.17) is 0 Å². The van der Waals surface area contributed by atoms with Crippen LogP contribution in [0.4, 0.5) is 0 Å². The van der Waals surface area contributed by atoms with Crippen LogP contribution in [0.2, 0.25) is 0 Å². The Kier molecular flexibility index (Phi) is 36.7. The van der Waals surface area contributed by atoms with Gasteiger partial charge in [-0.25, -0.2) is 0 Å². The molecule has 0 aromatic heterocycles. The van der Waals surface area contributed by atoms with Crippen molar-refractivity contribution < 1.29 is 20.1 Å². The molecular formula is C42H81NO4. The van der Waals surface area contributed by atoms with Gasteiger partial charge in [-0.2, -0.15) is 0 Å². The van der Waals surface area contributed by atoms with Crippen LogP contribution in [0, 0.1) is 0 Å². The summed E-state index contributed by atoms with van der Waals surface area (Å²) in [5.74, 6) is -0.475. The molecule has 0 aromatic carbocycles. The first-order chi connectivity index (χ1) is 23.1. The third-order valence-electron chi connectivity index (χ3n) is 9.60. The van der Waals surface area contributed by atoms with E-state index in [9.17, 15) is 20.1 Å². The van der Waals surface area contributed by atoms with E-state index in [0.717, 1.165) is 32.1 Å². The smallest absolute Gasteiger partial charge is 0.249 e. The molecule has 0 spiro atoms. The summed E-state index contributed by atoms with van der Waals surface area (Å²) in [4.78, 5) is 12.5. The number of unbranched alkanes of at least 4 members (excludes halogenated alkanes) is 26. The lowest BCUT2D eigenvalue weighted by atomic mass is 10.0. The van der Waals surface area contributed by atoms with Crippen molar-refractivity contribution in [1.82, 2.24) is 5.32 Å². The van der Waals surface area contributed by atoms with Crippen molar-refractivity contribution in [3.05, 3.63) is 24.3 Å². The van der Waals surface area contributed by atoms with E-state index < -0.39 is 24.2 Å². The van der Waals surface area contributed by atoms with Crippen LogP contribution < -0.4 is 5.32 Å². The Labute approximate surface area is 292 Å². The first-order valence-electron chi connectivity index (χ1n) is 20.7. The Bertz CT molecular complexity index is 694. The molecule has 0 aliphatic heterocycles. The van der Waals surface area contributed by atoms with Gasteiger partial charge in [0.2, 0.25) is 5.91 Å². The lowest BCUT2D eigenvalue weighted by Crippen LogP contribution is -2.49. The monoisotopic (exact) mass is 664 g/mol. The summed E-state index contributed by atoms with van der Waals surface area (Å²) in [5, 5.41) is 33.2. The van der Waals surface area contributed by atoms with Crippen LogP contribution in [0.5, 0.6) is 0 Å². The van der Waals surface area contributed by atoms with E-state index in [-0.39, 0.29) is 6.61 Å². The third-order valence-corrected chi connectivity index (χ3v) is 9.60. The van der Waals surface area contributed by atoms with Crippen molar-refractivity contribution in [3.63, 3.8) is 0 Å². The molecule has 0 rings (SSSR count). The molecule has 0 radical (unpaired) electrons. The number of rotatable bonds is 37. The molecule has 0 saturated carbocycles. The molecule has 0 aliphatic rings. The van der Waals surface area contributed by atoms with Crippen molar-refractivity contribution in [3.8, 4) is 0 Å². The highest BCUT2D eigenvalue weighted by Crippen LogP contribution is 2.16. The second-order valence-corrected chi connectivity index (χ2v) is 14.2. The number of carbonyl (C=O) groups is 1. The Hall–Kier alpha value is -1.17. The zero-order valence-corrected chi connectivity index (χ0v) is 31.4. The summed E-state index contributed by atoms with van der Waals surface area (Å²) < 4.78 is 0. The zero-order valence-electron chi connectivity index (χ0n) is 31.4. The fourth-order valence-electron chi connectivity index (χ4n) is 6.30. The summed E-state index contributed by atoms with van der Waals surface area (Å²) in [6.07, 6.45) is 44.5. The molecule has 1 amide bonds. The average Bonchev–Trinajstić information content (AvgIpc) is 3.07. The minimum absolute atomic E-state index is 0.314. The van der Waals surface area contributed by atoms with E-state index in [1.807, 2.05) is 0 Å². The summed E-state index contributed by atoms with van der Waals surface area (Å²) in [6.45, 7) is 4.20. The zero-order chi connectivity index (χ0) is 34.5. The van der Waals surface area contributed by atoms with Crippen molar-refractivity contribution in [1.29, 1.82) is 0 Å². The van der Waals surface area contributed by atoms with Crippen molar-refractivity contribution >= 4 is 5.91 Å². The van der Waals surface area contributed by atoms with Gasteiger partial charge in [0.05, 0.1) is 18.8 Å². The molecule has 0 aromatic rings. The maximum Gasteiger partial charge on any atom is 0.249 e. The van der Waals surface area contributed by atoms with Gasteiger partial charge in [0.1, 0.15) is 6.10 Å². The molecule has 4 N–H and O–H groups in total. The van der Waals surface area contributed by atoms with Crippen LogP contribution in [-0.2, 0) is 4.79 Å². The highest BCUT2D eigenvalue weighted by Gasteiger charge is 2.23. The van der Waals surface area contributed by atoms with Gasteiger partial charge in [0.15, 0.2) is 0 Å². The maximum absolute atomic E-state index is 12.5. The van der Waals surface area contributed by atoms with Crippen LogP contribution >= 0.6 is 0 Å². The fourth-order valence-corrected chi connectivity index (χ4v) is 6.30. The molecule has 278 valence electrons. The molecule has 0 saturated heterocycles. The molecule has 0 fully saturated rings. The quantitative estimate of drug-likeness (QED) is 0.0393. The molecule has 5 nitrogen and oxygen atoms in total. The predicted molar refractivity (Wildman–Crippen MR) is 204 cm³/mol. The summed E-state index contributed by atoms with van der Waals surface area (Å²) in [5.41, 5.74) is 0. The average molecular weight is 664 g/mol. The number of aliphatic hydroxyl groups excluding tert-OH is 3. The van der Waals surface area contributed by atoms with Gasteiger partial charge >= 0.3 is 0 Å². The van der Waals surface area contributed by atoms with Gasteiger partial charge in [0.25, 0.3) is 0 Å². The maximum atomic E-state index is 12.5. The molecule has 0 aliphatic carbocycles. The van der Waals surface area contributed by atoms with Gasteiger partial charge in [0, 0.05) is 0 Å².